The summed E-state index contributed by atoms with van der Waals surface area (Å²) in [6, 6.07) is 15.7. The number of ether oxygens (including phenoxy) is 2. The van der Waals surface area contributed by atoms with Crippen LogP contribution in [-0.2, 0) is 22.7 Å². The van der Waals surface area contributed by atoms with Crippen LogP contribution in [0.3, 0.4) is 0 Å². The Morgan fingerprint density at radius 1 is 0.688 bits per heavy atom. The lowest BCUT2D eigenvalue weighted by atomic mass is 10.2. The number of carbonyl (C=O) groups excluding carboxylic acids is 2. The summed E-state index contributed by atoms with van der Waals surface area (Å²) in [6.45, 7) is 0.393. The van der Waals surface area contributed by atoms with Gasteiger partial charge in [0.1, 0.15) is 25.9 Å². The molecular formula is C22H18N4O4S2. The van der Waals surface area contributed by atoms with Crippen molar-refractivity contribution in [1.82, 2.24) is 19.1 Å². The van der Waals surface area contributed by atoms with Crippen LogP contribution in [-0.4, -0.2) is 31.3 Å². The molecule has 2 aromatic heterocycles. The quantitative estimate of drug-likeness (QED) is 0.341. The van der Waals surface area contributed by atoms with E-state index in [-0.39, 0.29) is 13.2 Å². The molecule has 0 atom stereocenters. The SMILES string of the molecule is O=C(OCc1ccc(SSc2ccc(COC(=O)n3ccnc3)cc2)cc1)n1ccnc1. The van der Waals surface area contributed by atoms with E-state index in [2.05, 4.69) is 9.97 Å². The van der Waals surface area contributed by atoms with Crippen LogP contribution < -0.4 is 0 Å². The van der Waals surface area contributed by atoms with Gasteiger partial charge in [0.05, 0.1) is 0 Å². The van der Waals surface area contributed by atoms with Crippen molar-refractivity contribution in [1.29, 1.82) is 0 Å². The molecule has 0 fully saturated rings. The van der Waals surface area contributed by atoms with E-state index in [1.54, 1.807) is 34.0 Å². The highest BCUT2D eigenvalue weighted by Gasteiger charge is 2.07. The summed E-state index contributed by atoms with van der Waals surface area (Å²) in [5.41, 5.74) is 1.81. The van der Waals surface area contributed by atoms with Crippen LogP contribution >= 0.6 is 21.6 Å². The molecule has 0 aliphatic carbocycles. The monoisotopic (exact) mass is 466 g/mol. The largest absolute Gasteiger partial charge is 0.444 e. The second-order valence-electron chi connectivity index (χ2n) is 6.50. The molecular weight excluding hydrogens is 448 g/mol. The minimum atomic E-state index is -0.462. The van der Waals surface area contributed by atoms with E-state index >= 15 is 0 Å². The Hall–Kier alpha value is -3.50. The molecule has 2 aromatic carbocycles. The van der Waals surface area contributed by atoms with E-state index < -0.39 is 12.2 Å². The summed E-state index contributed by atoms with van der Waals surface area (Å²) in [6.07, 6.45) is 8.01. The van der Waals surface area contributed by atoms with E-state index in [9.17, 15) is 9.59 Å². The molecule has 0 saturated carbocycles. The topological polar surface area (TPSA) is 88.2 Å². The third kappa shape index (κ3) is 6.02. The molecule has 0 unspecified atom stereocenters. The first kappa shape index (κ1) is 21.7. The Bertz CT molecular complexity index is 1050. The molecule has 162 valence electrons. The van der Waals surface area contributed by atoms with Gasteiger partial charge in [-0.25, -0.2) is 28.7 Å². The van der Waals surface area contributed by atoms with Crippen LogP contribution in [0.5, 0.6) is 0 Å². The molecule has 8 nitrogen and oxygen atoms in total. The number of aromatic nitrogens is 4. The van der Waals surface area contributed by atoms with Crippen molar-refractivity contribution in [3.8, 4) is 0 Å². The second kappa shape index (κ2) is 10.7. The van der Waals surface area contributed by atoms with E-state index in [1.807, 2.05) is 48.5 Å². The Labute approximate surface area is 192 Å². The first-order valence-electron chi connectivity index (χ1n) is 9.50. The van der Waals surface area contributed by atoms with Crippen molar-refractivity contribution in [3.05, 3.63) is 97.1 Å². The zero-order chi connectivity index (χ0) is 22.2. The molecule has 4 rings (SSSR count). The second-order valence-corrected chi connectivity index (χ2v) is 8.78. The average Bonchev–Trinajstić information content (AvgIpc) is 3.56. The average molecular weight is 467 g/mol. The van der Waals surface area contributed by atoms with Crippen LogP contribution in [0.4, 0.5) is 9.59 Å². The molecule has 0 spiro atoms. The van der Waals surface area contributed by atoms with Crippen LogP contribution in [0, 0.1) is 0 Å². The standard InChI is InChI=1S/C22H18N4O4S2/c27-21(25-11-9-23-15-25)29-13-17-1-5-19(6-2-17)31-32-20-7-3-18(4-8-20)14-30-22(28)26-12-10-24-16-26/h1-12,15-16H,13-14H2. The molecule has 4 aromatic rings. The lowest BCUT2D eigenvalue weighted by Crippen LogP contribution is -2.11. The highest BCUT2D eigenvalue weighted by molar-refractivity contribution is 8.76. The van der Waals surface area contributed by atoms with Gasteiger partial charge in [0.2, 0.25) is 0 Å². The molecule has 0 aliphatic rings. The fourth-order valence-corrected chi connectivity index (χ4v) is 4.48. The van der Waals surface area contributed by atoms with Crippen molar-refractivity contribution >= 4 is 33.8 Å². The molecule has 0 bridgehead atoms. The third-order valence-electron chi connectivity index (χ3n) is 4.24. The van der Waals surface area contributed by atoms with Crippen LogP contribution in [0.25, 0.3) is 0 Å². The predicted octanol–water partition coefficient (Wildman–Crippen LogP) is 5.25. The van der Waals surface area contributed by atoms with Crippen LogP contribution in [0.2, 0.25) is 0 Å². The zero-order valence-electron chi connectivity index (χ0n) is 16.7. The smallest absolute Gasteiger partial charge is 0.419 e. The van der Waals surface area contributed by atoms with Gasteiger partial charge >= 0.3 is 12.2 Å². The number of hydrogen-bond donors (Lipinski definition) is 0. The summed E-state index contributed by atoms with van der Waals surface area (Å²) < 4.78 is 13.1. The molecule has 32 heavy (non-hydrogen) atoms. The van der Waals surface area contributed by atoms with Crippen molar-refractivity contribution in [2.24, 2.45) is 0 Å². The van der Waals surface area contributed by atoms with Crippen molar-refractivity contribution in [3.63, 3.8) is 0 Å². The first-order chi connectivity index (χ1) is 15.7. The number of benzene rings is 2. The highest BCUT2D eigenvalue weighted by atomic mass is 33.1. The number of nitrogens with zero attached hydrogens (tertiary/aromatic N) is 4. The number of carbonyl (C=O) groups is 2. The Morgan fingerprint density at radius 2 is 1.09 bits per heavy atom. The zero-order valence-corrected chi connectivity index (χ0v) is 18.4. The maximum Gasteiger partial charge on any atom is 0.419 e. The molecule has 2 heterocycles. The normalized spacial score (nSPS) is 10.6. The summed E-state index contributed by atoms with van der Waals surface area (Å²) in [5.74, 6) is 0. The van der Waals surface area contributed by atoms with Gasteiger partial charge in [-0.2, -0.15) is 0 Å². The minimum Gasteiger partial charge on any atom is -0.444 e. The van der Waals surface area contributed by atoms with E-state index in [0.29, 0.717) is 0 Å². The number of hydrogen-bond acceptors (Lipinski definition) is 8. The Morgan fingerprint density at radius 3 is 1.44 bits per heavy atom. The Balaban J connectivity index is 1.21. The van der Waals surface area contributed by atoms with Gasteiger partial charge < -0.3 is 9.47 Å². The van der Waals surface area contributed by atoms with Gasteiger partial charge in [0, 0.05) is 34.6 Å². The fraction of sp³-hybridized carbons (Fsp3) is 0.0909. The Kier molecular flexibility index (Phi) is 7.26. The molecule has 0 saturated heterocycles. The van der Waals surface area contributed by atoms with E-state index in [4.69, 9.17) is 9.47 Å². The number of imidazole rings is 2. The maximum atomic E-state index is 11.8. The van der Waals surface area contributed by atoms with Crippen molar-refractivity contribution < 1.29 is 19.1 Å². The summed E-state index contributed by atoms with van der Waals surface area (Å²) in [7, 11) is 3.26. The summed E-state index contributed by atoms with van der Waals surface area (Å²) in [4.78, 5) is 33.4. The minimum absolute atomic E-state index is 0.196. The van der Waals surface area contributed by atoms with Gasteiger partial charge in [-0.15, -0.1) is 0 Å². The molecule has 10 heteroatoms. The summed E-state index contributed by atoms with van der Waals surface area (Å²) in [5, 5.41) is 0. The first-order valence-corrected chi connectivity index (χ1v) is 11.6. The van der Waals surface area contributed by atoms with Crippen LogP contribution in [0.1, 0.15) is 11.1 Å². The lowest BCUT2D eigenvalue weighted by Gasteiger charge is -2.07. The van der Waals surface area contributed by atoms with Crippen molar-refractivity contribution in [2.45, 2.75) is 23.0 Å². The van der Waals surface area contributed by atoms with Gasteiger partial charge in [-0.1, -0.05) is 45.9 Å². The maximum absolute atomic E-state index is 11.8. The lowest BCUT2D eigenvalue weighted by molar-refractivity contribution is 0.140. The van der Waals surface area contributed by atoms with Crippen LogP contribution in [0.15, 0.2) is 95.8 Å². The van der Waals surface area contributed by atoms with Crippen molar-refractivity contribution in [2.75, 3.05) is 0 Å². The molecule has 0 amide bonds. The van der Waals surface area contributed by atoms with Gasteiger partial charge in [0.25, 0.3) is 0 Å². The third-order valence-corrected chi connectivity index (χ3v) is 6.65. The number of rotatable bonds is 7. The van der Waals surface area contributed by atoms with Gasteiger partial charge in [0.15, 0.2) is 0 Å². The fourth-order valence-electron chi connectivity index (χ4n) is 2.55. The van der Waals surface area contributed by atoms with E-state index in [0.717, 1.165) is 20.9 Å². The van der Waals surface area contributed by atoms with Gasteiger partial charge in [-0.05, 0) is 35.4 Å². The van der Waals surface area contributed by atoms with Gasteiger partial charge in [-0.3, -0.25) is 0 Å². The molecule has 0 N–H and O–H groups in total. The molecule has 0 aliphatic heterocycles. The van der Waals surface area contributed by atoms with E-state index in [1.165, 1.54) is 34.2 Å². The highest BCUT2D eigenvalue weighted by Crippen LogP contribution is 2.37. The molecule has 0 radical (unpaired) electrons. The summed E-state index contributed by atoms with van der Waals surface area (Å²) >= 11 is 0. The predicted molar refractivity (Wildman–Crippen MR) is 120 cm³/mol.